The molecule has 0 aliphatic heterocycles. The van der Waals surface area contributed by atoms with E-state index >= 15 is 0 Å². The van der Waals surface area contributed by atoms with Crippen LogP contribution in [-0.4, -0.2) is 13.1 Å². The third-order valence-corrected chi connectivity index (χ3v) is 4.57. The van der Waals surface area contributed by atoms with Gasteiger partial charge in [0.05, 0.1) is 0 Å². The number of rotatable bonds is 5. The highest BCUT2D eigenvalue weighted by molar-refractivity contribution is 9.10. The first kappa shape index (κ1) is 13.4. The smallest absolute Gasteiger partial charge is 0.0449 e. The van der Waals surface area contributed by atoms with Gasteiger partial charge in [0.1, 0.15) is 0 Å². The SMILES string of the molecule is CCNCC1CCC1Cc1ccc(Br)cc1Cl. The zero-order valence-electron chi connectivity index (χ0n) is 10.2. The number of hydrogen-bond acceptors (Lipinski definition) is 1. The van der Waals surface area contributed by atoms with E-state index < -0.39 is 0 Å². The fourth-order valence-electron chi connectivity index (χ4n) is 2.47. The van der Waals surface area contributed by atoms with Gasteiger partial charge in [-0.25, -0.2) is 0 Å². The lowest BCUT2D eigenvalue weighted by molar-refractivity contribution is 0.172. The predicted octanol–water partition coefficient (Wildman–Crippen LogP) is 4.28. The summed E-state index contributed by atoms with van der Waals surface area (Å²) in [6.45, 7) is 4.40. The van der Waals surface area contributed by atoms with E-state index in [4.69, 9.17) is 11.6 Å². The van der Waals surface area contributed by atoms with Gasteiger partial charge in [0.2, 0.25) is 0 Å². The summed E-state index contributed by atoms with van der Waals surface area (Å²) in [6, 6.07) is 6.23. The van der Waals surface area contributed by atoms with Gasteiger partial charge in [-0.15, -0.1) is 0 Å². The van der Waals surface area contributed by atoms with Gasteiger partial charge in [0, 0.05) is 9.50 Å². The topological polar surface area (TPSA) is 12.0 Å². The van der Waals surface area contributed by atoms with E-state index in [1.54, 1.807) is 0 Å². The molecule has 0 saturated heterocycles. The Kier molecular flexibility index (Phi) is 4.89. The van der Waals surface area contributed by atoms with E-state index in [-0.39, 0.29) is 0 Å². The van der Waals surface area contributed by atoms with Gasteiger partial charge in [-0.3, -0.25) is 0 Å². The van der Waals surface area contributed by atoms with Crippen LogP contribution in [0.15, 0.2) is 22.7 Å². The van der Waals surface area contributed by atoms with Crippen LogP contribution >= 0.6 is 27.5 Å². The lowest BCUT2D eigenvalue weighted by Crippen LogP contribution is -2.36. The van der Waals surface area contributed by atoms with Crippen LogP contribution in [-0.2, 0) is 6.42 Å². The highest BCUT2D eigenvalue weighted by Crippen LogP contribution is 2.37. The monoisotopic (exact) mass is 315 g/mol. The van der Waals surface area contributed by atoms with E-state index in [1.165, 1.54) is 18.4 Å². The predicted molar refractivity (Wildman–Crippen MR) is 77.6 cm³/mol. The second kappa shape index (κ2) is 6.21. The minimum absolute atomic E-state index is 0.813. The van der Waals surface area contributed by atoms with Crippen molar-refractivity contribution in [3.05, 3.63) is 33.3 Å². The van der Waals surface area contributed by atoms with Crippen LogP contribution in [0.25, 0.3) is 0 Å². The summed E-state index contributed by atoms with van der Waals surface area (Å²) in [5.41, 5.74) is 1.29. The first-order valence-corrected chi connectivity index (χ1v) is 7.52. The summed E-state index contributed by atoms with van der Waals surface area (Å²) in [4.78, 5) is 0. The van der Waals surface area contributed by atoms with E-state index in [0.29, 0.717) is 0 Å². The van der Waals surface area contributed by atoms with Crippen molar-refractivity contribution >= 4 is 27.5 Å². The molecule has 0 amide bonds. The van der Waals surface area contributed by atoms with Gasteiger partial charge in [-0.1, -0.05) is 40.5 Å². The van der Waals surface area contributed by atoms with Gasteiger partial charge in [0.25, 0.3) is 0 Å². The molecule has 2 unspecified atom stereocenters. The summed E-state index contributed by atoms with van der Waals surface area (Å²) in [5.74, 6) is 1.65. The third-order valence-electron chi connectivity index (χ3n) is 3.73. The second-order valence-corrected chi connectivity index (χ2v) is 6.17. The number of hydrogen-bond donors (Lipinski definition) is 1. The van der Waals surface area contributed by atoms with Crippen molar-refractivity contribution in [1.29, 1.82) is 0 Å². The fraction of sp³-hybridized carbons (Fsp3) is 0.571. The Morgan fingerprint density at radius 3 is 2.71 bits per heavy atom. The molecule has 1 aliphatic rings. The van der Waals surface area contributed by atoms with E-state index in [1.807, 2.05) is 6.07 Å². The van der Waals surface area contributed by atoms with Crippen LogP contribution in [0.3, 0.4) is 0 Å². The molecular weight excluding hydrogens is 298 g/mol. The van der Waals surface area contributed by atoms with Crippen LogP contribution in [0.5, 0.6) is 0 Å². The second-order valence-electron chi connectivity index (χ2n) is 4.85. The number of benzene rings is 1. The van der Waals surface area contributed by atoms with Crippen molar-refractivity contribution in [3.63, 3.8) is 0 Å². The molecule has 1 nitrogen and oxygen atoms in total. The van der Waals surface area contributed by atoms with Gasteiger partial charge in [-0.05, 0) is 61.9 Å². The van der Waals surface area contributed by atoms with Gasteiger partial charge in [0.15, 0.2) is 0 Å². The first-order chi connectivity index (χ1) is 8.20. The van der Waals surface area contributed by atoms with Crippen molar-refractivity contribution < 1.29 is 0 Å². The minimum atomic E-state index is 0.813. The maximum Gasteiger partial charge on any atom is 0.0449 e. The molecule has 3 heteroatoms. The van der Waals surface area contributed by atoms with E-state index in [9.17, 15) is 0 Å². The number of nitrogens with one attached hydrogen (secondary N) is 1. The molecule has 1 aromatic rings. The fourth-order valence-corrected chi connectivity index (χ4v) is 3.23. The average molecular weight is 317 g/mol. The highest BCUT2D eigenvalue weighted by Gasteiger charge is 2.30. The molecule has 1 fully saturated rings. The Hall–Kier alpha value is -0.0500. The lowest BCUT2D eigenvalue weighted by atomic mass is 9.70. The molecule has 1 saturated carbocycles. The molecule has 0 spiro atoms. The molecule has 17 heavy (non-hydrogen) atoms. The lowest BCUT2D eigenvalue weighted by Gasteiger charge is -2.37. The van der Waals surface area contributed by atoms with E-state index in [2.05, 4.69) is 40.3 Å². The molecule has 0 heterocycles. The summed E-state index contributed by atoms with van der Waals surface area (Å²) in [6.07, 6.45) is 3.84. The van der Waals surface area contributed by atoms with Crippen molar-refractivity contribution in [2.24, 2.45) is 11.8 Å². The molecule has 1 aliphatic carbocycles. The van der Waals surface area contributed by atoms with Crippen molar-refractivity contribution in [2.45, 2.75) is 26.2 Å². The van der Waals surface area contributed by atoms with Gasteiger partial charge >= 0.3 is 0 Å². The summed E-state index contributed by atoms with van der Waals surface area (Å²) in [5, 5.41) is 4.35. The maximum absolute atomic E-state index is 6.26. The molecule has 94 valence electrons. The summed E-state index contributed by atoms with van der Waals surface area (Å²) < 4.78 is 1.06. The Bertz CT molecular complexity index is 380. The van der Waals surface area contributed by atoms with Crippen molar-refractivity contribution in [3.8, 4) is 0 Å². The minimum Gasteiger partial charge on any atom is -0.317 e. The molecule has 0 radical (unpaired) electrons. The quantitative estimate of drug-likeness (QED) is 0.855. The standard InChI is InChI=1S/C14H19BrClN/c1-2-17-9-12-4-3-10(12)7-11-5-6-13(15)8-14(11)16/h5-6,8,10,12,17H,2-4,7,9H2,1H3. The third kappa shape index (κ3) is 3.46. The molecule has 1 N–H and O–H groups in total. The zero-order chi connectivity index (χ0) is 12.3. The molecule has 1 aromatic carbocycles. The van der Waals surface area contributed by atoms with Crippen molar-refractivity contribution in [1.82, 2.24) is 5.32 Å². The Labute approximate surface area is 117 Å². The summed E-state index contributed by atoms with van der Waals surface area (Å²) >= 11 is 9.71. The normalized spacial score (nSPS) is 23.5. The molecule has 2 rings (SSSR count). The largest absolute Gasteiger partial charge is 0.317 e. The first-order valence-electron chi connectivity index (χ1n) is 6.35. The van der Waals surface area contributed by atoms with E-state index in [0.717, 1.165) is 40.8 Å². The average Bonchev–Trinajstić information content (AvgIpc) is 2.27. The van der Waals surface area contributed by atoms with Crippen LogP contribution in [0.4, 0.5) is 0 Å². The molecule has 0 bridgehead atoms. The van der Waals surface area contributed by atoms with Crippen LogP contribution in [0.1, 0.15) is 25.3 Å². The van der Waals surface area contributed by atoms with Crippen LogP contribution in [0.2, 0.25) is 5.02 Å². The highest BCUT2D eigenvalue weighted by atomic mass is 79.9. The summed E-state index contributed by atoms with van der Waals surface area (Å²) in [7, 11) is 0. The van der Waals surface area contributed by atoms with Crippen LogP contribution in [0, 0.1) is 11.8 Å². The molecule has 0 aromatic heterocycles. The Balaban J connectivity index is 1.92. The molecule has 2 atom stereocenters. The number of halogens is 2. The van der Waals surface area contributed by atoms with Gasteiger partial charge < -0.3 is 5.32 Å². The molecular formula is C14H19BrClN. The van der Waals surface area contributed by atoms with Crippen LogP contribution < -0.4 is 5.32 Å². The zero-order valence-corrected chi connectivity index (χ0v) is 12.5. The Morgan fingerprint density at radius 2 is 2.12 bits per heavy atom. The Morgan fingerprint density at radius 1 is 1.35 bits per heavy atom. The van der Waals surface area contributed by atoms with Crippen molar-refractivity contribution in [2.75, 3.05) is 13.1 Å². The maximum atomic E-state index is 6.26. The van der Waals surface area contributed by atoms with Gasteiger partial charge in [-0.2, -0.15) is 0 Å².